The van der Waals surface area contributed by atoms with Gasteiger partial charge in [-0.05, 0) is 47.2 Å². The van der Waals surface area contributed by atoms with Gasteiger partial charge in [-0.25, -0.2) is 18.3 Å². The molecule has 0 atom stereocenters. The van der Waals surface area contributed by atoms with Crippen molar-refractivity contribution in [2.75, 3.05) is 0 Å². The summed E-state index contributed by atoms with van der Waals surface area (Å²) >= 11 is 0. The third-order valence-corrected chi connectivity index (χ3v) is 7.21. The van der Waals surface area contributed by atoms with Gasteiger partial charge in [0.25, 0.3) is 0 Å². The van der Waals surface area contributed by atoms with Gasteiger partial charge in [-0.1, -0.05) is 62.4 Å². The topological polar surface area (TPSA) is 51.8 Å². The molecule has 0 saturated heterocycles. The second kappa shape index (κ2) is 14.9. The minimum atomic E-state index is -10.7. The Bertz CT molecular complexity index is 1890. The molecular weight excluding hydrogens is 786 g/mol. The van der Waals surface area contributed by atoms with Crippen LogP contribution in [-0.4, -0.2) is 21.7 Å². The van der Waals surface area contributed by atoms with Crippen molar-refractivity contribution in [2.45, 2.75) is 52.9 Å². The fourth-order valence-electron chi connectivity index (χ4n) is 5.21. The van der Waals surface area contributed by atoms with E-state index in [1.54, 1.807) is 0 Å². The molecule has 2 aromatic heterocycles. The number of imidazole rings is 2. The Balaban J connectivity index is 0.000000476. The first-order valence-corrected chi connectivity index (χ1v) is 20.0. The number of aromatic nitrogens is 4. The SMILES string of the molecule is CCCn1cc[n+](Cc2cc(-c3ccc(C=O)cc3)c(C[n+]3ccn(CCC)c3)cc2-c2ccc(C=O)cc2)c1.F[P-](F)(F)(F)(F)F.F[P-](F)(F)(F)(F)F. The maximum atomic E-state index is 11.3. The summed E-state index contributed by atoms with van der Waals surface area (Å²) in [5.74, 6) is 0. The number of carbonyl (C=O) groups excluding carboxylic acids is 2. The van der Waals surface area contributed by atoms with Crippen molar-refractivity contribution in [1.29, 1.82) is 0 Å². The van der Waals surface area contributed by atoms with Crippen LogP contribution in [-0.2, 0) is 26.2 Å². The van der Waals surface area contributed by atoms with E-state index in [-0.39, 0.29) is 0 Å². The summed E-state index contributed by atoms with van der Waals surface area (Å²) in [6.45, 7) is 7.74. The van der Waals surface area contributed by atoms with Crippen molar-refractivity contribution in [3.8, 4) is 22.3 Å². The first-order chi connectivity index (χ1) is 24.5. The molecule has 5 rings (SSSR count). The van der Waals surface area contributed by atoms with Crippen LogP contribution in [0.5, 0.6) is 0 Å². The third-order valence-electron chi connectivity index (χ3n) is 7.21. The summed E-state index contributed by atoms with van der Waals surface area (Å²) in [7, 11) is -21.3. The Morgan fingerprint density at radius 1 is 0.537 bits per heavy atom. The van der Waals surface area contributed by atoms with Gasteiger partial charge >= 0.3 is 66.0 Å². The molecular formula is C34H36F12N4O2P2. The molecule has 54 heavy (non-hydrogen) atoms. The number of carbonyl (C=O) groups is 2. The van der Waals surface area contributed by atoms with Crippen LogP contribution in [0.1, 0.15) is 58.5 Å². The molecule has 0 aliphatic rings. The molecule has 0 bridgehead atoms. The Kier molecular flexibility index (Phi) is 12.1. The van der Waals surface area contributed by atoms with E-state index in [0.29, 0.717) is 24.2 Å². The molecule has 3 aromatic carbocycles. The zero-order valence-corrected chi connectivity index (χ0v) is 30.5. The van der Waals surface area contributed by atoms with E-state index in [4.69, 9.17) is 0 Å². The molecule has 0 radical (unpaired) electrons. The van der Waals surface area contributed by atoms with Gasteiger partial charge in [0.15, 0.2) is 0 Å². The van der Waals surface area contributed by atoms with Crippen molar-refractivity contribution in [1.82, 2.24) is 9.13 Å². The second-order valence-corrected chi connectivity index (χ2v) is 16.0. The van der Waals surface area contributed by atoms with Gasteiger partial charge < -0.3 is 0 Å². The van der Waals surface area contributed by atoms with Crippen LogP contribution in [0.25, 0.3) is 22.3 Å². The van der Waals surface area contributed by atoms with Gasteiger partial charge in [0, 0.05) is 22.3 Å². The number of hydrogen-bond acceptors (Lipinski definition) is 2. The molecule has 0 N–H and O–H groups in total. The van der Waals surface area contributed by atoms with Gasteiger partial charge in [0.1, 0.15) is 50.4 Å². The third kappa shape index (κ3) is 18.0. The standard InChI is InChI=1S/C34H36N4O2.2F6P/c1-3-13-35-15-17-37(25-35)21-31-19-34(30-11-7-28(24-40)8-12-30)32(22-38-18-16-36(26-38)14-4-2)20-33(31)29-9-5-27(23-39)6-10-29;2*1-7(2,3,4,5)6/h5-12,15-20,23-26H,3-4,13-14,21-22H2,1-2H3;;/q+2;2*-1. The summed E-state index contributed by atoms with van der Waals surface area (Å²) in [6, 6.07) is 20.2. The Hall–Kier alpha value is -4.56. The van der Waals surface area contributed by atoms with Crippen LogP contribution in [0.2, 0.25) is 0 Å². The summed E-state index contributed by atoms with van der Waals surface area (Å²) in [4.78, 5) is 22.7. The number of halogens is 12. The molecule has 20 heteroatoms. The van der Waals surface area contributed by atoms with E-state index in [2.05, 4.69) is 81.7 Å². The van der Waals surface area contributed by atoms with Crippen LogP contribution in [0, 0.1) is 0 Å². The predicted octanol–water partition coefficient (Wildman–Crippen LogP) is 12.5. The molecule has 5 aromatic rings. The molecule has 0 spiro atoms. The molecule has 2 heterocycles. The van der Waals surface area contributed by atoms with E-state index in [1.165, 1.54) is 11.1 Å². The van der Waals surface area contributed by atoms with Crippen LogP contribution in [0.3, 0.4) is 0 Å². The van der Waals surface area contributed by atoms with Crippen molar-refractivity contribution in [2.24, 2.45) is 0 Å². The summed E-state index contributed by atoms with van der Waals surface area (Å²) < 4.78 is 127. The van der Waals surface area contributed by atoms with Gasteiger partial charge in [-0.15, -0.1) is 0 Å². The van der Waals surface area contributed by atoms with E-state index in [9.17, 15) is 60.0 Å². The molecule has 0 unspecified atom stereocenters. The summed E-state index contributed by atoms with van der Waals surface area (Å²) in [5.41, 5.74) is 8.14. The second-order valence-electron chi connectivity index (χ2n) is 12.2. The van der Waals surface area contributed by atoms with Gasteiger partial charge in [0.05, 0.1) is 13.1 Å². The summed E-state index contributed by atoms with van der Waals surface area (Å²) in [5, 5.41) is 0. The molecule has 0 aliphatic carbocycles. The average molecular weight is 823 g/mol. The van der Waals surface area contributed by atoms with Crippen LogP contribution >= 0.6 is 15.6 Å². The molecule has 0 saturated carbocycles. The Morgan fingerprint density at radius 3 is 1.09 bits per heavy atom. The first kappa shape index (κ1) is 43.8. The normalized spacial score (nSPS) is 14.2. The number of aryl methyl sites for hydroxylation is 2. The van der Waals surface area contributed by atoms with Crippen LogP contribution < -0.4 is 9.13 Å². The quantitative estimate of drug-likeness (QED) is 0.0545. The molecule has 6 nitrogen and oxygen atoms in total. The Labute approximate surface area is 301 Å². The van der Waals surface area contributed by atoms with Crippen molar-refractivity contribution >= 4 is 28.2 Å². The van der Waals surface area contributed by atoms with Crippen LogP contribution in [0.4, 0.5) is 50.4 Å². The van der Waals surface area contributed by atoms with Gasteiger partial charge in [-0.3, -0.25) is 9.59 Å². The first-order valence-electron chi connectivity index (χ1n) is 16.0. The number of rotatable bonds is 12. The zero-order chi connectivity index (χ0) is 40.7. The van der Waals surface area contributed by atoms with E-state index < -0.39 is 15.6 Å². The molecule has 0 aliphatic heterocycles. The Morgan fingerprint density at radius 2 is 0.833 bits per heavy atom. The van der Waals surface area contributed by atoms with Crippen molar-refractivity contribution in [3.63, 3.8) is 0 Å². The predicted molar refractivity (Wildman–Crippen MR) is 183 cm³/mol. The fourth-order valence-corrected chi connectivity index (χ4v) is 5.21. The van der Waals surface area contributed by atoms with Crippen molar-refractivity contribution in [3.05, 3.63) is 120 Å². The number of aldehydes is 2. The maximum absolute atomic E-state index is 11.3. The van der Waals surface area contributed by atoms with Crippen molar-refractivity contribution < 1.29 is 69.1 Å². The number of nitrogens with zero attached hydrogens (tertiary/aromatic N) is 4. The van der Waals surface area contributed by atoms with E-state index in [1.807, 2.05) is 48.5 Å². The van der Waals surface area contributed by atoms with Gasteiger partial charge in [-0.2, -0.15) is 0 Å². The number of hydrogen-bond donors (Lipinski definition) is 0. The van der Waals surface area contributed by atoms with E-state index in [0.717, 1.165) is 60.8 Å². The molecule has 0 amide bonds. The van der Waals surface area contributed by atoms with Crippen LogP contribution in [0.15, 0.2) is 98.1 Å². The van der Waals surface area contributed by atoms with Gasteiger partial charge in [0.2, 0.25) is 12.7 Å². The summed E-state index contributed by atoms with van der Waals surface area (Å²) in [6.07, 6.45) is 16.7. The average Bonchev–Trinajstić information content (AvgIpc) is 3.68. The van der Waals surface area contributed by atoms with E-state index >= 15 is 0 Å². The number of benzene rings is 3. The fraction of sp³-hybridized carbons (Fsp3) is 0.235. The molecule has 298 valence electrons. The zero-order valence-electron chi connectivity index (χ0n) is 28.7. The molecule has 0 fully saturated rings. The minimum absolute atomic E-state index is 0.663. The monoisotopic (exact) mass is 822 g/mol.